The maximum Gasteiger partial charge on any atom is 2.00 e. The van der Waals surface area contributed by atoms with Gasteiger partial charge in [0.15, 0.2) is 0 Å². The normalized spacial score (nSPS) is 11.7. The molecule has 3 heterocycles. The zero-order chi connectivity index (χ0) is 34.6. The summed E-state index contributed by atoms with van der Waals surface area (Å²) in [6.07, 6.45) is 7.93. The Kier molecular flexibility index (Phi) is 9.67. The van der Waals surface area contributed by atoms with Crippen molar-refractivity contribution in [3.05, 3.63) is 130 Å². The van der Waals surface area contributed by atoms with Gasteiger partial charge in [-0.25, -0.2) is 4.98 Å². The predicted octanol–water partition coefficient (Wildman–Crippen LogP) is 11.2. The summed E-state index contributed by atoms with van der Waals surface area (Å²) in [5.41, 5.74) is 14.3. The first-order valence-electron chi connectivity index (χ1n) is 17.2. The van der Waals surface area contributed by atoms with Gasteiger partial charge < -0.3 is 9.30 Å². The van der Waals surface area contributed by atoms with Crippen LogP contribution in [0.1, 0.15) is 73.1 Å². The van der Waals surface area contributed by atoms with Crippen molar-refractivity contribution < 1.29 is 25.8 Å². The molecule has 0 bridgehead atoms. The number of hydrogen-bond acceptors (Lipinski definition) is 3. The van der Waals surface area contributed by atoms with E-state index in [1.807, 2.05) is 23.1 Å². The van der Waals surface area contributed by atoms with Crippen LogP contribution in [0.3, 0.4) is 0 Å². The summed E-state index contributed by atoms with van der Waals surface area (Å²) >= 11 is 0. The van der Waals surface area contributed by atoms with E-state index in [0.29, 0.717) is 11.5 Å². The maximum atomic E-state index is 6.59. The molecule has 7 aromatic rings. The van der Waals surface area contributed by atoms with Crippen molar-refractivity contribution >= 4 is 21.8 Å². The molecular formula is C44H44N4OPt. The molecule has 7 rings (SSSR count). The Morgan fingerprint density at radius 3 is 2.22 bits per heavy atom. The number of benzene rings is 4. The van der Waals surface area contributed by atoms with Gasteiger partial charge in [-0.2, -0.15) is 16.7 Å². The number of nitrogens with zero attached hydrogens (tertiary/aromatic N) is 4. The van der Waals surface area contributed by atoms with E-state index in [0.717, 1.165) is 51.7 Å². The van der Waals surface area contributed by atoms with E-state index in [1.165, 1.54) is 44.5 Å². The van der Waals surface area contributed by atoms with E-state index in [2.05, 4.69) is 140 Å². The van der Waals surface area contributed by atoms with Crippen LogP contribution in [0.4, 0.5) is 0 Å². The molecule has 0 spiro atoms. The van der Waals surface area contributed by atoms with Crippen LogP contribution >= 0.6 is 0 Å². The minimum atomic E-state index is -0.00347. The van der Waals surface area contributed by atoms with Gasteiger partial charge in [0.2, 0.25) is 0 Å². The van der Waals surface area contributed by atoms with Crippen LogP contribution in [0.5, 0.6) is 11.5 Å². The van der Waals surface area contributed by atoms with Crippen LogP contribution in [-0.2, 0) is 32.9 Å². The van der Waals surface area contributed by atoms with Crippen LogP contribution in [0.2, 0.25) is 0 Å². The van der Waals surface area contributed by atoms with Crippen LogP contribution in [-0.4, -0.2) is 19.3 Å². The molecule has 0 unspecified atom stereocenters. The monoisotopic (exact) mass is 839 g/mol. The molecular weight excluding hydrogens is 796 g/mol. The predicted molar refractivity (Wildman–Crippen MR) is 202 cm³/mol. The second-order valence-corrected chi connectivity index (χ2v) is 14.4. The largest absolute Gasteiger partial charge is 2.00 e. The zero-order valence-corrected chi connectivity index (χ0v) is 32.7. The number of aromatic nitrogens is 4. The Labute approximate surface area is 310 Å². The Balaban J connectivity index is 0.00000432. The molecule has 0 aliphatic carbocycles. The number of rotatable bonds is 7. The van der Waals surface area contributed by atoms with Crippen LogP contribution in [0.15, 0.2) is 79.3 Å². The second kappa shape index (κ2) is 13.7. The molecule has 4 aromatic carbocycles. The third-order valence-corrected chi connectivity index (χ3v) is 10.2. The summed E-state index contributed by atoms with van der Waals surface area (Å²) < 4.78 is 10.7. The van der Waals surface area contributed by atoms with E-state index in [1.54, 1.807) is 0 Å². The van der Waals surface area contributed by atoms with Gasteiger partial charge in [-0.3, -0.25) is 4.68 Å². The Morgan fingerprint density at radius 1 is 0.780 bits per heavy atom. The van der Waals surface area contributed by atoms with Gasteiger partial charge in [-0.05, 0) is 108 Å². The quantitative estimate of drug-likeness (QED) is 0.150. The number of hydrogen-bond donors (Lipinski definition) is 0. The summed E-state index contributed by atoms with van der Waals surface area (Å²) in [6.45, 7) is 19.9. The van der Waals surface area contributed by atoms with Gasteiger partial charge in [0, 0.05) is 35.0 Å². The van der Waals surface area contributed by atoms with Crippen molar-refractivity contribution in [3.63, 3.8) is 0 Å². The van der Waals surface area contributed by atoms with Gasteiger partial charge >= 0.3 is 21.1 Å². The number of fused-ring (bicyclic) bond motifs is 3. The van der Waals surface area contributed by atoms with Gasteiger partial charge in [-0.1, -0.05) is 64.3 Å². The van der Waals surface area contributed by atoms with E-state index in [-0.39, 0.29) is 26.5 Å². The number of aryl methyl sites for hydroxylation is 1. The van der Waals surface area contributed by atoms with Gasteiger partial charge in [-0.15, -0.1) is 35.7 Å². The van der Waals surface area contributed by atoms with Crippen molar-refractivity contribution in [1.82, 2.24) is 19.3 Å². The molecule has 0 N–H and O–H groups in total. The van der Waals surface area contributed by atoms with Crippen LogP contribution < -0.4 is 4.74 Å². The molecule has 256 valence electrons. The summed E-state index contributed by atoms with van der Waals surface area (Å²) in [6, 6.07) is 28.2. The van der Waals surface area contributed by atoms with Crippen molar-refractivity contribution in [1.29, 1.82) is 0 Å². The van der Waals surface area contributed by atoms with Gasteiger partial charge in [0.05, 0.1) is 6.20 Å². The Bertz CT molecular complexity index is 2340. The van der Waals surface area contributed by atoms with Gasteiger partial charge in [0.1, 0.15) is 5.82 Å². The van der Waals surface area contributed by atoms with Crippen molar-refractivity contribution in [3.8, 4) is 34.1 Å². The summed E-state index contributed by atoms with van der Waals surface area (Å²) in [4.78, 5) is 4.82. The van der Waals surface area contributed by atoms with Crippen molar-refractivity contribution in [2.75, 3.05) is 0 Å². The molecule has 6 heteroatoms. The van der Waals surface area contributed by atoms with E-state index in [9.17, 15) is 0 Å². The summed E-state index contributed by atoms with van der Waals surface area (Å²) in [5, 5.41) is 7.08. The number of para-hydroxylation sites is 1. The standard InChI is InChI=1S/C44H44N4O.Pt/c1-10-13-32-20-35(47-26-33(25-46-47)43-30(5)28(3)27(2)29(4)31(43)6)23-37(21-32)49-36-16-17-39-38-14-11-12-15-40(38)48(41(39)24-36)42-22-34(18-19-45-42)44(7,8)9;/h11-12,14-22,25-26H,10,13H2,1-9H3;/q-2;+2. The summed E-state index contributed by atoms with van der Waals surface area (Å²) in [5.74, 6) is 2.13. The topological polar surface area (TPSA) is 44.9 Å². The minimum absolute atomic E-state index is 0. The average molecular weight is 840 g/mol. The smallest absolute Gasteiger partial charge is 0.509 e. The molecule has 0 atom stereocenters. The van der Waals surface area contributed by atoms with Gasteiger partial charge in [0.25, 0.3) is 0 Å². The molecule has 0 amide bonds. The third-order valence-electron chi connectivity index (χ3n) is 10.2. The molecule has 0 radical (unpaired) electrons. The molecule has 0 fully saturated rings. The first-order chi connectivity index (χ1) is 23.4. The van der Waals surface area contributed by atoms with Crippen molar-refractivity contribution in [2.24, 2.45) is 0 Å². The second-order valence-electron chi connectivity index (χ2n) is 14.4. The molecule has 3 aromatic heterocycles. The van der Waals surface area contributed by atoms with E-state index in [4.69, 9.17) is 14.8 Å². The molecule has 0 aliphatic rings. The van der Waals surface area contributed by atoms with Crippen molar-refractivity contribution in [2.45, 2.75) is 80.6 Å². The first-order valence-corrected chi connectivity index (χ1v) is 17.2. The summed E-state index contributed by atoms with van der Waals surface area (Å²) in [7, 11) is 0. The fourth-order valence-electron chi connectivity index (χ4n) is 7.01. The van der Waals surface area contributed by atoms with E-state index >= 15 is 0 Å². The molecule has 50 heavy (non-hydrogen) atoms. The first kappa shape index (κ1) is 35.4. The molecule has 5 nitrogen and oxygen atoms in total. The Morgan fingerprint density at radius 2 is 1.50 bits per heavy atom. The van der Waals surface area contributed by atoms with E-state index < -0.39 is 0 Å². The molecule has 0 saturated heterocycles. The fourth-order valence-corrected chi connectivity index (χ4v) is 7.01. The third kappa shape index (κ3) is 6.33. The average Bonchev–Trinajstić information content (AvgIpc) is 3.69. The fraction of sp³-hybridized carbons (Fsp3) is 0.273. The number of ether oxygens (including phenoxy) is 1. The zero-order valence-electron chi connectivity index (χ0n) is 30.4. The van der Waals surface area contributed by atoms with Crippen LogP contribution in [0.25, 0.3) is 44.4 Å². The minimum Gasteiger partial charge on any atom is -0.509 e. The molecule has 0 saturated carbocycles. The maximum absolute atomic E-state index is 6.59. The SMILES string of the molecule is CCCc1cc(Oc2[c-]c3c(cc2)c2ccccc2n3-c2cc(C(C)(C)C)ccn2)[c-]c(-n2cc(-c3c(C)c(C)c(C)c(C)c3C)cn2)c1.[Pt+2]. The number of pyridine rings is 1. The Hall–Kier alpha value is -4.47. The van der Waals surface area contributed by atoms with Crippen LogP contribution in [0, 0.1) is 46.8 Å². The molecule has 0 aliphatic heterocycles.